The maximum absolute atomic E-state index is 6.40. The second-order valence-corrected chi connectivity index (χ2v) is 6.13. The van der Waals surface area contributed by atoms with Crippen molar-refractivity contribution in [3.63, 3.8) is 0 Å². The van der Waals surface area contributed by atoms with Gasteiger partial charge in [0.2, 0.25) is 0 Å². The third-order valence-corrected chi connectivity index (χ3v) is 4.77. The Hall–Kier alpha value is -1.13. The Labute approximate surface area is 129 Å². The van der Waals surface area contributed by atoms with E-state index in [9.17, 15) is 0 Å². The fourth-order valence-electron chi connectivity index (χ4n) is 2.50. The van der Waals surface area contributed by atoms with Crippen molar-refractivity contribution >= 4 is 15.9 Å². The molecule has 0 saturated carbocycles. The summed E-state index contributed by atoms with van der Waals surface area (Å²) in [5.74, 6) is 0. The molecule has 2 atom stereocenters. The van der Waals surface area contributed by atoms with Gasteiger partial charge >= 0.3 is 0 Å². The molecule has 0 aliphatic rings. The topological polar surface area (TPSA) is 43.8 Å². The molecule has 0 bridgehead atoms. The molecule has 3 nitrogen and oxygen atoms in total. The minimum Gasteiger partial charge on any atom is -0.326 e. The van der Waals surface area contributed by atoms with Gasteiger partial charge in [-0.25, -0.2) is 0 Å². The summed E-state index contributed by atoms with van der Waals surface area (Å²) >= 11 is 3.64. The van der Waals surface area contributed by atoms with Crippen LogP contribution in [0.15, 0.2) is 28.7 Å². The highest BCUT2D eigenvalue weighted by atomic mass is 79.9. The zero-order valence-corrected chi connectivity index (χ0v) is 14.1. The van der Waals surface area contributed by atoms with E-state index >= 15 is 0 Å². The van der Waals surface area contributed by atoms with Crippen molar-refractivity contribution in [2.75, 3.05) is 0 Å². The van der Waals surface area contributed by atoms with Crippen molar-refractivity contribution in [2.45, 2.75) is 46.2 Å². The molecule has 0 aliphatic carbocycles. The van der Waals surface area contributed by atoms with Gasteiger partial charge in [-0.3, -0.25) is 4.68 Å². The van der Waals surface area contributed by atoms with Crippen LogP contribution in [0, 0.1) is 20.8 Å². The number of aromatic nitrogens is 2. The second-order valence-electron chi connectivity index (χ2n) is 5.28. The number of rotatable bonds is 4. The number of nitrogens with two attached hydrogens (primary N) is 1. The lowest BCUT2D eigenvalue weighted by molar-refractivity contribution is 0.414. The van der Waals surface area contributed by atoms with Gasteiger partial charge in [0.25, 0.3) is 0 Å². The van der Waals surface area contributed by atoms with E-state index in [1.807, 2.05) is 19.1 Å². The zero-order valence-electron chi connectivity index (χ0n) is 12.5. The predicted octanol–water partition coefficient (Wildman–Crippen LogP) is 3.90. The van der Waals surface area contributed by atoms with E-state index in [-0.39, 0.29) is 12.1 Å². The molecule has 0 fully saturated rings. The Morgan fingerprint density at radius 2 is 1.90 bits per heavy atom. The van der Waals surface area contributed by atoms with Crippen molar-refractivity contribution in [2.24, 2.45) is 5.73 Å². The van der Waals surface area contributed by atoms with Gasteiger partial charge in [-0.05, 0) is 44.4 Å². The fraction of sp³-hybridized carbons (Fsp3) is 0.438. The molecule has 2 N–H and O–H groups in total. The van der Waals surface area contributed by atoms with E-state index in [0.29, 0.717) is 0 Å². The standard InChI is InChI=1S/C16H22BrN3/c1-5-15(18)16(13-8-6-7-9-14(13)17)20-12(4)10(2)11(3)19-20/h6-9,15-16H,5,18H2,1-4H3. The van der Waals surface area contributed by atoms with Crippen LogP contribution < -0.4 is 5.73 Å². The maximum atomic E-state index is 6.40. The molecule has 20 heavy (non-hydrogen) atoms. The highest BCUT2D eigenvalue weighted by Crippen LogP contribution is 2.31. The summed E-state index contributed by atoms with van der Waals surface area (Å²) in [5.41, 5.74) is 11.1. The first-order valence-corrected chi connectivity index (χ1v) is 7.79. The summed E-state index contributed by atoms with van der Waals surface area (Å²) in [6.07, 6.45) is 0.906. The molecule has 1 aromatic carbocycles. The van der Waals surface area contributed by atoms with Gasteiger partial charge < -0.3 is 5.73 Å². The molecular weight excluding hydrogens is 314 g/mol. The van der Waals surface area contributed by atoms with Crippen molar-refractivity contribution in [3.05, 3.63) is 51.3 Å². The van der Waals surface area contributed by atoms with Crippen LogP contribution in [0.4, 0.5) is 0 Å². The Morgan fingerprint density at radius 3 is 2.40 bits per heavy atom. The Bertz CT molecular complexity index is 604. The maximum Gasteiger partial charge on any atom is 0.0933 e. The van der Waals surface area contributed by atoms with Gasteiger partial charge in [0.05, 0.1) is 11.7 Å². The molecule has 1 aromatic heterocycles. The van der Waals surface area contributed by atoms with Gasteiger partial charge in [0, 0.05) is 16.2 Å². The first kappa shape index (κ1) is 15.3. The average molecular weight is 336 g/mol. The summed E-state index contributed by atoms with van der Waals surface area (Å²) in [7, 11) is 0. The minimum absolute atomic E-state index is 0.0334. The van der Waals surface area contributed by atoms with Crippen LogP contribution in [0.1, 0.15) is 41.9 Å². The molecule has 0 aliphatic heterocycles. The number of aryl methyl sites for hydroxylation is 1. The fourth-order valence-corrected chi connectivity index (χ4v) is 3.02. The van der Waals surface area contributed by atoms with Gasteiger partial charge in [0.15, 0.2) is 0 Å². The molecule has 2 aromatic rings. The normalized spacial score (nSPS) is 14.3. The molecule has 0 radical (unpaired) electrons. The lowest BCUT2D eigenvalue weighted by Gasteiger charge is -2.26. The summed E-state index contributed by atoms with van der Waals surface area (Å²) in [5, 5.41) is 4.71. The largest absolute Gasteiger partial charge is 0.326 e. The number of hydrogen-bond donors (Lipinski definition) is 1. The summed E-state index contributed by atoms with van der Waals surface area (Å²) in [6.45, 7) is 8.39. The molecule has 1 heterocycles. The van der Waals surface area contributed by atoms with Crippen molar-refractivity contribution in [1.82, 2.24) is 9.78 Å². The van der Waals surface area contributed by atoms with E-state index in [1.54, 1.807) is 0 Å². The molecule has 2 rings (SSSR count). The second kappa shape index (κ2) is 6.10. The predicted molar refractivity (Wildman–Crippen MR) is 87.0 cm³/mol. The first-order chi connectivity index (χ1) is 9.47. The van der Waals surface area contributed by atoms with Crippen LogP contribution in [0.3, 0.4) is 0 Å². The Balaban J connectivity index is 2.59. The molecular formula is C16H22BrN3. The Kier molecular flexibility index (Phi) is 4.66. The number of halogens is 1. The van der Waals surface area contributed by atoms with E-state index < -0.39 is 0 Å². The summed E-state index contributed by atoms with van der Waals surface area (Å²) in [4.78, 5) is 0. The highest BCUT2D eigenvalue weighted by Gasteiger charge is 2.25. The van der Waals surface area contributed by atoms with Crippen molar-refractivity contribution in [3.8, 4) is 0 Å². The average Bonchev–Trinajstić information content (AvgIpc) is 2.69. The zero-order chi connectivity index (χ0) is 14.9. The van der Waals surface area contributed by atoms with Gasteiger partial charge in [-0.1, -0.05) is 41.1 Å². The van der Waals surface area contributed by atoms with Crippen LogP contribution in [0.5, 0.6) is 0 Å². The molecule has 0 saturated heterocycles. The van der Waals surface area contributed by atoms with E-state index in [1.165, 1.54) is 16.8 Å². The Morgan fingerprint density at radius 1 is 1.25 bits per heavy atom. The van der Waals surface area contributed by atoms with Crippen molar-refractivity contribution < 1.29 is 0 Å². The van der Waals surface area contributed by atoms with E-state index in [2.05, 4.69) is 53.5 Å². The molecule has 4 heteroatoms. The van der Waals surface area contributed by atoms with Crippen molar-refractivity contribution in [1.29, 1.82) is 0 Å². The first-order valence-electron chi connectivity index (χ1n) is 6.99. The number of benzene rings is 1. The van der Waals surface area contributed by atoms with Crippen LogP contribution in [0.25, 0.3) is 0 Å². The third-order valence-electron chi connectivity index (χ3n) is 4.05. The van der Waals surface area contributed by atoms with E-state index in [0.717, 1.165) is 16.6 Å². The van der Waals surface area contributed by atoms with E-state index in [4.69, 9.17) is 10.8 Å². The smallest absolute Gasteiger partial charge is 0.0933 e. The van der Waals surface area contributed by atoms with Gasteiger partial charge in [0.1, 0.15) is 0 Å². The van der Waals surface area contributed by atoms with Crippen LogP contribution in [-0.2, 0) is 0 Å². The summed E-state index contributed by atoms with van der Waals surface area (Å²) < 4.78 is 3.16. The quantitative estimate of drug-likeness (QED) is 0.920. The minimum atomic E-state index is 0.0334. The summed E-state index contributed by atoms with van der Waals surface area (Å²) in [6, 6.07) is 8.34. The monoisotopic (exact) mass is 335 g/mol. The van der Waals surface area contributed by atoms with Gasteiger partial charge in [-0.2, -0.15) is 5.10 Å². The lowest BCUT2D eigenvalue weighted by atomic mass is 9.98. The SMILES string of the molecule is CCC(N)C(c1ccccc1Br)n1nc(C)c(C)c1C. The van der Waals surface area contributed by atoms with Crippen LogP contribution in [-0.4, -0.2) is 15.8 Å². The molecule has 2 unspecified atom stereocenters. The number of hydrogen-bond acceptors (Lipinski definition) is 2. The van der Waals surface area contributed by atoms with Gasteiger partial charge in [-0.15, -0.1) is 0 Å². The van der Waals surface area contributed by atoms with Crippen LogP contribution >= 0.6 is 15.9 Å². The molecule has 0 spiro atoms. The lowest BCUT2D eigenvalue weighted by Crippen LogP contribution is -2.34. The molecule has 108 valence electrons. The highest BCUT2D eigenvalue weighted by molar-refractivity contribution is 9.10. The number of nitrogens with zero attached hydrogens (tertiary/aromatic N) is 2. The third kappa shape index (κ3) is 2.67. The molecule has 0 amide bonds. The van der Waals surface area contributed by atoms with Crippen LogP contribution in [0.2, 0.25) is 0 Å².